The van der Waals surface area contributed by atoms with E-state index in [0.717, 1.165) is 16.3 Å². The minimum Gasteiger partial charge on any atom is -0.348 e. The Bertz CT molecular complexity index is 810. The van der Waals surface area contributed by atoms with Crippen LogP contribution in [0.2, 0.25) is 0 Å². The van der Waals surface area contributed by atoms with E-state index in [2.05, 4.69) is 6.26 Å². The summed E-state index contributed by atoms with van der Waals surface area (Å²) in [7, 11) is 0. The maximum Gasteiger partial charge on any atom is 0.270 e. The van der Waals surface area contributed by atoms with Crippen LogP contribution in [0.25, 0.3) is 16.8 Å². The van der Waals surface area contributed by atoms with E-state index in [1.54, 1.807) is 23.9 Å². The van der Waals surface area contributed by atoms with Gasteiger partial charge in [0, 0.05) is 12.1 Å². The first-order valence-corrected chi connectivity index (χ1v) is 9.23. The van der Waals surface area contributed by atoms with Crippen LogP contribution in [0.5, 0.6) is 0 Å². The van der Waals surface area contributed by atoms with Crippen LogP contribution in [0.1, 0.15) is 5.56 Å². The molecular weight excluding hydrogens is 338 g/mol. The zero-order chi connectivity index (χ0) is 17.6. The molecule has 1 heterocycles. The van der Waals surface area contributed by atoms with Crippen molar-refractivity contribution < 1.29 is 14.4 Å². The van der Waals surface area contributed by atoms with Crippen molar-refractivity contribution >= 4 is 34.3 Å². The summed E-state index contributed by atoms with van der Waals surface area (Å²) in [6.07, 6.45) is 9.47. The highest BCUT2D eigenvalue weighted by molar-refractivity contribution is 7.99. The summed E-state index contributed by atoms with van der Waals surface area (Å²) in [5.41, 5.74) is 1.13. The van der Waals surface area contributed by atoms with E-state index in [1.165, 1.54) is 6.07 Å². The molecule has 0 atom stereocenters. The van der Waals surface area contributed by atoms with Gasteiger partial charge in [-0.15, -0.1) is 0 Å². The normalized spacial score (nSPS) is 21.3. The Morgan fingerprint density at radius 3 is 2.56 bits per heavy atom. The molecule has 2 aromatic rings. The van der Waals surface area contributed by atoms with Gasteiger partial charge in [-0.3, -0.25) is 10.1 Å². The predicted molar refractivity (Wildman–Crippen MR) is 102 cm³/mol. The Morgan fingerprint density at radius 2 is 1.84 bits per heavy atom. The van der Waals surface area contributed by atoms with Crippen molar-refractivity contribution in [1.29, 1.82) is 0 Å². The lowest BCUT2D eigenvalue weighted by Crippen LogP contribution is -2.32. The molecule has 0 N–H and O–H groups in total. The van der Waals surface area contributed by atoms with Crippen LogP contribution in [0, 0.1) is 10.1 Å². The van der Waals surface area contributed by atoms with E-state index in [9.17, 15) is 10.1 Å². The topological polar surface area (TPSA) is 61.6 Å². The molecule has 0 saturated carbocycles. The van der Waals surface area contributed by atoms with Gasteiger partial charge in [0.2, 0.25) is 0 Å². The third kappa shape index (κ3) is 4.69. The zero-order valence-electron chi connectivity index (χ0n) is 13.8. The lowest BCUT2D eigenvalue weighted by Gasteiger charge is -2.26. The molecule has 130 valence electrons. The van der Waals surface area contributed by atoms with E-state index in [4.69, 9.17) is 9.47 Å². The summed E-state index contributed by atoms with van der Waals surface area (Å²) in [4.78, 5) is 10.4. The van der Waals surface area contributed by atoms with Crippen molar-refractivity contribution in [3.8, 4) is 0 Å². The molecule has 0 radical (unpaired) electrons. The van der Waals surface area contributed by atoms with Gasteiger partial charge in [-0.2, -0.15) is 11.8 Å². The van der Waals surface area contributed by atoms with E-state index in [1.807, 2.05) is 42.5 Å². The Kier molecular flexibility index (Phi) is 5.86. The number of ether oxygens (including phenoxy) is 2. The van der Waals surface area contributed by atoms with Crippen LogP contribution < -0.4 is 0 Å². The van der Waals surface area contributed by atoms with Crippen molar-refractivity contribution in [2.75, 3.05) is 19.5 Å². The number of hydrogen-bond acceptors (Lipinski definition) is 5. The minimum absolute atomic E-state index is 0.106. The molecule has 0 spiro atoms. The van der Waals surface area contributed by atoms with Gasteiger partial charge in [0.15, 0.2) is 6.29 Å². The summed E-state index contributed by atoms with van der Waals surface area (Å²) in [5, 5.41) is 13.1. The molecule has 3 rings (SSSR count). The standard InChI is InChI=1S/C19H19NO4S/c1-25-18-12-23-19(24-13-18)5-3-2-4-14-6-7-16-11-17(20(21)22)9-8-15(16)10-14/h2-11,18-19H,12-13H2,1H3/b4-2+,5-3+. The smallest absolute Gasteiger partial charge is 0.270 e. The molecule has 0 unspecified atom stereocenters. The molecule has 5 nitrogen and oxygen atoms in total. The fourth-order valence-corrected chi connectivity index (χ4v) is 2.97. The summed E-state index contributed by atoms with van der Waals surface area (Å²) in [6.45, 7) is 1.41. The molecule has 1 aliphatic rings. The van der Waals surface area contributed by atoms with Crippen molar-refractivity contribution in [2.24, 2.45) is 0 Å². The fraction of sp³-hybridized carbons (Fsp3) is 0.263. The lowest BCUT2D eigenvalue weighted by molar-refractivity contribution is -0.384. The molecule has 0 amide bonds. The van der Waals surface area contributed by atoms with Gasteiger partial charge >= 0.3 is 0 Å². The average Bonchev–Trinajstić information content (AvgIpc) is 2.65. The predicted octanol–water partition coefficient (Wildman–Crippen LogP) is 4.42. The highest BCUT2D eigenvalue weighted by Crippen LogP contribution is 2.22. The van der Waals surface area contributed by atoms with E-state index < -0.39 is 0 Å². The van der Waals surface area contributed by atoms with Crippen LogP contribution in [0.4, 0.5) is 5.69 Å². The summed E-state index contributed by atoms with van der Waals surface area (Å²) < 4.78 is 11.2. The average molecular weight is 357 g/mol. The lowest BCUT2D eigenvalue weighted by atomic mass is 10.1. The molecular formula is C19H19NO4S. The maximum absolute atomic E-state index is 10.8. The maximum atomic E-state index is 10.8. The quantitative estimate of drug-likeness (QED) is 0.450. The number of rotatable bonds is 5. The molecule has 2 aromatic carbocycles. The SMILES string of the molecule is CSC1COC(/C=C/C=C/c2ccc3cc([N+](=O)[O-])ccc3c2)OC1. The van der Waals surface area contributed by atoms with Crippen LogP contribution >= 0.6 is 11.8 Å². The number of nitro groups is 1. The second kappa shape index (κ2) is 8.29. The molecule has 0 aromatic heterocycles. The van der Waals surface area contributed by atoms with Gasteiger partial charge in [-0.1, -0.05) is 30.4 Å². The summed E-state index contributed by atoms with van der Waals surface area (Å²) in [6, 6.07) is 10.7. The Balaban J connectivity index is 1.62. The van der Waals surface area contributed by atoms with Crippen LogP contribution in [0.15, 0.2) is 54.6 Å². The second-order valence-corrected chi connectivity index (χ2v) is 6.82. The number of hydrogen-bond donors (Lipinski definition) is 0. The van der Waals surface area contributed by atoms with Gasteiger partial charge in [0.1, 0.15) is 0 Å². The van der Waals surface area contributed by atoms with Crippen molar-refractivity contribution in [3.05, 3.63) is 70.3 Å². The number of nitrogens with zero attached hydrogens (tertiary/aromatic N) is 1. The monoisotopic (exact) mass is 357 g/mol. The van der Waals surface area contributed by atoms with Crippen LogP contribution in [0.3, 0.4) is 0 Å². The zero-order valence-corrected chi connectivity index (χ0v) is 14.6. The molecule has 25 heavy (non-hydrogen) atoms. The number of allylic oxidation sites excluding steroid dienone is 2. The molecule has 1 aliphatic heterocycles. The molecule has 0 aliphatic carbocycles. The number of non-ortho nitro benzene ring substituents is 1. The number of benzene rings is 2. The van der Waals surface area contributed by atoms with Gasteiger partial charge < -0.3 is 9.47 Å². The number of thioether (sulfide) groups is 1. The number of nitro benzene ring substituents is 1. The van der Waals surface area contributed by atoms with Gasteiger partial charge in [-0.05, 0) is 40.8 Å². The molecule has 1 fully saturated rings. The van der Waals surface area contributed by atoms with Crippen LogP contribution in [-0.2, 0) is 9.47 Å². The molecule has 0 bridgehead atoms. The second-order valence-electron chi connectivity index (χ2n) is 5.68. The molecule has 1 saturated heterocycles. The Hall–Kier alpha value is -2.15. The third-order valence-electron chi connectivity index (χ3n) is 3.95. The van der Waals surface area contributed by atoms with Crippen molar-refractivity contribution in [3.63, 3.8) is 0 Å². The summed E-state index contributed by atoms with van der Waals surface area (Å²) >= 11 is 1.75. The van der Waals surface area contributed by atoms with Gasteiger partial charge in [0.05, 0.1) is 23.4 Å². The Morgan fingerprint density at radius 1 is 1.12 bits per heavy atom. The van der Waals surface area contributed by atoms with Gasteiger partial charge in [0.25, 0.3) is 5.69 Å². The first-order chi connectivity index (χ1) is 12.2. The summed E-state index contributed by atoms with van der Waals surface area (Å²) in [5.74, 6) is 0. The minimum atomic E-state index is -0.380. The van der Waals surface area contributed by atoms with Crippen molar-refractivity contribution in [2.45, 2.75) is 11.5 Å². The van der Waals surface area contributed by atoms with Gasteiger partial charge in [-0.25, -0.2) is 0 Å². The third-order valence-corrected chi connectivity index (χ3v) is 4.89. The first-order valence-electron chi connectivity index (χ1n) is 7.95. The van der Waals surface area contributed by atoms with Crippen molar-refractivity contribution in [1.82, 2.24) is 0 Å². The van der Waals surface area contributed by atoms with E-state index in [-0.39, 0.29) is 16.9 Å². The molecule has 6 heteroatoms. The fourth-order valence-electron chi connectivity index (χ4n) is 2.54. The van der Waals surface area contributed by atoms with E-state index in [0.29, 0.717) is 18.5 Å². The highest BCUT2D eigenvalue weighted by atomic mass is 32.2. The van der Waals surface area contributed by atoms with Crippen LogP contribution in [-0.4, -0.2) is 35.9 Å². The first kappa shape index (κ1) is 17.7. The highest BCUT2D eigenvalue weighted by Gasteiger charge is 2.18. The largest absolute Gasteiger partial charge is 0.348 e. The van der Waals surface area contributed by atoms with E-state index >= 15 is 0 Å². The Labute approximate surface area is 150 Å². The number of fused-ring (bicyclic) bond motifs is 1.